The highest BCUT2D eigenvalue weighted by atomic mass is 79.9. The molecule has 1 aromatic heterocycles. The summed E-state index contributed by atoms with van der Waals surface area (Å²) in [6.07, 6.45) is 3.32. The number of anilines is 1. The summed E-state index contributed by atoms with van der Waals surface area (Å²) in [4.78, 5) is 10.3. The van der Waals surface area contributed by atoms with Crippen LogP contribution in [0.5, 0.6) is 0 Å². The van der Waals surface area contributed by atoms with Gasteiger partial charge in [-0.2, -0.15) is 0 Å². The van der Waals surface area contributed by atoms with Crippen molar-refractivity contribution in [3.63, 3.8) is 0 Å². The molecular weight excluding hydrogens is 256 g/mol. The van der Waals surface area contributed by atoms with Crippen molar-refractivity contribution in [1.29, 1.82) is 0 Å². The van der Waals surface area contributed by atoms with Crippen LogP contribution in [0, 0.1) is 0 Å². The fraction of sp³-hybridized carbons (Fsp3) is 0.600. The second-order valence-electron chi connectivity index (χ2n) is 3.72. The lowest BCUT2D eigenvalue weighted by molar-refractivity contribution is 0.588. The van der Waals surface area contributed by atoms with Gasteiger partial charge < -0.3 is 10.2 Å². The van der Waals surface area contributed by atoms with Gasteiger partial charge in [0.25, 0.3) is 0 Å². The zero-order chi connectivity index (χ0) is 11.3. The molecule has 1 heterocycles. The molecule has 0 bridgehead atoms. The van der Waals surface area contributed by atoms with Crippen molar-refractivity contribution >= 4 is 21.7 Å². The molecule has 1 aromatic rings. The van der Waals surface area contributed by atoms with E-state index in [4.69, 9.17) is 0 Å². The second-order valence-corrected chi connectivity index (χ2v) is 4.58. The number of hydrogen-bond donors (Lipinski definition) is 1. The van der Waals surface area contributed by atoms with Crippen LogP contribution >= 0.6 is 15.9 Å². The van der Waals surface area contributed by atoms with E-state index in [0.29, 0.717) is 6.04 Å². The van der Waals surface area contributed by atoms with Crippen LogP contribution in [0.3, 0.4) is 0 Å². The largest absolute Gasteiger partial charge is 0.357 e. The van der Waals surface area contributed by atoms with E-state index in [-0.39, 0.29) is 0 Å². The topological polar surface area (TPSA) is 41.0 Å². The van der Waals surface area contributed by atoms with Gasteiger partial charge in [-0.1, -0.05) is 13.8 Å². The number of halogens is 1. The molecule has 15 heavy (non-hydrogen) atoms. The maximum atomic E-state index is 4.22. The Bertz CT molecular complexity index is 303. The highest BCUT2D eigenvalue weighted by molar-refractivity contribution is 9.10. The maximum absolute atomic E-state index is 4.22. The van der Waals surface area contributed by atoms with Crippen molar-refractivity contribution in [3.8, 4) is 0 Å². The van der Waals surface area contributed by atoms with E-state index in [1.165, 1.54) is 0 Å². The lowest BCUT2D eigenvalue weighted by Crippen LogP contribution is -2.33. The number of hydrogen-bond acceptors (Lipinski definition) is 4. The molecule has 0 spiro atoms. The minimum atomic E-state index is 0.521. The van der Waals surface area contributed by atoms with Crippen LogP contribution in [0.25, 0.3) is 0 Å². The summed E-state index contributed by atoms with van der Waals surface area (Å²) < 4.78 is 0.928. The molecule has 0 unspecified atom stereocenters. The zero-order valence-electron chi connectivity index (χ0n) is 9.37. The lowest BCUT2D eigenvalue weighted by atomic mass is 10.4. The Hall–Kier alpha value is -0.680. The number of nitrogens with zero attached hydrogens (tertiary/aromatic N) is 3. The van der Waals surface area contributed by atoms with Crippen LogP contribution in [0.1, 0.15) is 13.8 Å². The molecule has 0 aliphatic heterocycles. The number of aromatic nitrogens is 2. The molecule has 0 aromatic carbocycles. The van der Waals surface area contributed by atoms with Crippen molar-refractivity contribution < 1.29 is 0 Å². The van der Waals surface area contributed by atoms with E-state index in [2.05, 4.69) is 50.0 Å². The summed E-state index contributed by atoms with van der Waals surface area (Å²) in [7, 11) is 2.02. The van der Waals surface area contributed by atoms with E-state index in [1.54, 1.807) is 12.5 Å². The van der Waals surface area contributed by atoms with Crippen molar-refractivity contribution in [2.75, 3.05) is 25.0 Å². The minimum Gasteiger partial charge on any atom is -0.357 e. The summed E-state index contributed by atoms with van der Waals surface area (Å²) in [6, 6.07) is 0.521. The molecule has 0 saturated carbocycles. The normalized spacial score (nSPS) is 10.7. The quantitative estimate of drug-likeness (QED) is 0.886. The Morgan fingerprint density at radius 1 is 1.53 bits per heavy atom. The Balaban J connectivity index is 2.47. The Labute approximate surface area is 99.2 Å². The fourth-order valence-electron chi connectivity index (χ4n) is 1.21. The summed E-state index contributed by atoms with van der Waals surface area (Å²) in [5.41, 5.74) is 0. The van der Waals surface area contributed by atoms with Crippen molar-refractivity contribution in [2.24, 2.45) is 0 Å². The molecule has 5 heteroatoms. The Kier molecular flexibility index (Phi) is 4.98. The van der Waals surface area contributed by atoms with E-state index >= 15 is 0 Å². The average molecular weight is 273 g/mol. The summed E-state index contributed by atoms with van der Waals surface area (Å²) in [5.74, 6) is 0.926. The second kappa shape index (κ2) is 6.02. The van der Waals surface area contributed by atoms with Crippen molar-refractivity contribution in [3.05, 3.63) is 17.0 Å². The van der Waals surface area contributed by atoms with E-state index in [1.807, 2.05) is 7.05 Å². The van der Waals surface area contributed by atoms with Crippen LogP contribution in [-0.2, 0) is 0 Å². The maximum Gasteiger partial charge on any atom is 0.146 e. The smallest absolute Gasteiger partial charge is 0.146 e. The van der Waals surface area contributed by atoms with Crippen LogP contribution < -0.4 is 10.2 Å². The molecule has 0 saturated heterocycles. The standard InChI is InChI=1S/C10H17BrN4/c1-8(2)13-4-5-15(3)10-9(11)6-12-7-14-10/h6-8,13H,4-5H2,1-3H3. The van der Waals surface area contributed by atoms with Gasteiger partial charge in [0.1, 0.15) is 12.1 Å². The lowest BCUT2D eigenvalue weighted by Gasteiger charge is -2.19. The first-order chi connectivity index (χ1) is 7.11. The Morgan fingerprint density at radius 2 is 2.27 bits per heavy atom. The van der Waals surface area contributed by atoms with Gasteiger partial charge in [0.15, 0.2) is 0 Å². The van der Waals surface area contributed by atoms with E-state index in [9.17, 15) is 0 Å². The SMILES string of the molecule is CC(C)NCCN(C)c1ncncc1Br. The average Bonchev–Trinajstić information content (AvgIpc) is 2.17. The van der Waals surface area contributed by atoms with Crippen LogP contribution in [0.2, 0.25) is 0 Å². The Morgan fingerprint density at radius 3 is 2.87 bits per heavy atom. The highest BCUT2D eigenvalue weighted by Crippen LogP contribution is 2.19. The monoisotopic (exact) mass is 272 g/mol. The molecule has 84 valence electrons. The predicted molar refractivity (Wildman–Crippen MR) is 66.1 cm³/mol. The molecular formula is C10H17BrN4. The molecule has 0 fully saturated rings. The zero-order valence-corrected chi connectivity index (χ0v) is 11.0. The predicted octanol–water partition coefficient (Wildman–Crippen LogP) is 1.67. The highest BCUT2D eigenvalue weighted by Gasteiger charge is 2.06. The van der Waals surface area contributed by atoms with Gasteiger partial charge in [0.05, 0.1) is 4.47 Å². The van der Waals surface area contributed by atoms with Gasteiger partial charge in [0.2, 0.25) is 0 Å². The van der Waals surface area contributed by atoms with E-state index < -0.39 is 0 Å². The van der Waals surface area contributed by atoms with Crippen LogP contribution in [0.15, 0.2) is 17.0 Å². The van der Waals surface area contributed by atoms with Crippen molar-refractivity contribution in [1.82, 2.24) is 15.3 Å². The first kappa shape index (κ1) is 12.4. The summed E-state index contributed by atoms with van der Waals surface area (Å²) in [5, 5.41) is 3.37. The first-order valence-electron chi connectivity index (χ1n) is 5.01. The molecule has 0 aliphatic carbocycles. The third kappa shape index (κ3) is 4.13. The molecule has 1 N–H and O–H groups in total. The van der Waals surface area contributed by atoms with Gasteiger partial charge in [-0.05, 0) is 15.9 Å². The molecule has 1 rings (SSSR count). The molecule has 0 amide bonds. The molecule has 4 nitrogen and oxygen atoms in total. The minimum absolute atomic E-state index is 0.521. The molecule has 0 atom stereocenters. The molecule has 0 aliphatic rings. The summed E-state index contributed by atoms with van der Waals surface area (Å²) >= 11 is 3.43. The van der Waals surface area contributed by atoms with Gasteiger partial charge in [-0.25, -0.2) is 9.97 Å². The van der Waals surface area contributed by atoms with E-state index in [0.717, 1.165) is 23.4 Å². The van der Waals surface area contributed by atoms with Crippen LogP contribution in [-0.4, -0.2) is 36.1 Å². The van der Waals surface area contributed by atoms with Gasteiger partial charge in [0, 0.05) is 32.4 Å². The molecule has 0 radical (unpaired) electrons. The number of rotatable bonds is 5. The number of nitrogens with one attached hydrogen (secondary N) is 1. The van der Waals surface area contributed by atoms with Crippen molar-refractivity contribution in [2.45, 2.75) is 19.9 Å². The third-order valence-corrected chi connectivity index (χ3v) is 2.57. The first-order valence-corrected chi connectivity index (χ1v) is 5.80. The fourth-order valence-corrected chi connectivity index (χ4v) is 1.74. The van der Waals surface area contributed by atoms with Gasteiger partial charge in [-0.15, -0.1) is 0 Å². The van der Waals surface area contributed by atoms with Gasteiger partial charge >= 0.3 is 0 Å². The van der Waals surface area contributed by atoms with Gasteiger partial charge in [-0.3, -0.25) is 0 Å². The third-order valence-electron chi connectivity index (χ3n) is 2.01. The summed E-state index contributed by atoms with van der Waals surface area (Å²) in [6.45, 7) is 6.15. The van der Waals surface area contributed by atoms with Crippen LogP contribution in [0.4, 0.5) is 5.82 Å². The number of likely N-dealkylation sites (N-methyl/N-ethyl adjacent to an activating group) is 1.